The van der Waals surface area contributed by atoms with Crippen molar-refractivity contribution in [2.75, 3.05) is 19.4 Å². The van der Waals surface area contributed by atoms with E-state index in [0.717, 1.165) is 37.4 Å². The van der Waals surface area contributed by atoms with Gasteiger partial charge in [-0.2, -0.15) is 20.1 Å². The van der Waals surface area contributed by atoms with Gasteiger partial charge in [0.1, 0.15) is 5.82 Å². The largest absolute Gasteiger partial charge is 0.382 e. The SMILES string of the molecule is CO[C@@H]1C[C@@H](Cn2ccc(N)n2)N(Cc2cnn(-c3ccccc3)n2)C1. The molecule has 3 aromatic rings. The summed E-state index contributed by atoms with van der Waals surface area (Å²) in [5.74, 6) is 0.545. The molecule has 8 heteroatoms. The number of ether oxygens (including phenoxy) is 1. The van der Waals surface area contributed by atoms with Gasteiger partial charge in [0.2, 0.25) is 0 Å². The Balaban J connectivity index is 1.47. The van der Waals surface area contributed by atoms with Gasteiger partial charge < -0.3 is 10.5 Å². The lowest BCUT2D eigenvalue weighted by atomic mass is 10.2. The molecule has 3 heterocycles. The number of hydrogen-bond donors (Lipinski definition) is 1. The van der Waals surface area contributed by atoms with E-state index in [9.17, 15) is 0 Å². The highest BCUT2D eigenvalue weighted by atomic mass is 16.5. The summed E-state index contributed by atoms with van der Waals surface area (Å²) in [6.07, 6.45) is 4.93. The molecule has 0 saturated carbocycles. The molecule has 1 aliphatic rings. The molecule has 0 amide bonds. The molecule has 1 fully saturated rings. The molecule has 0 unspecified atom stereocenters. The molecule has 136 valence electrons. The number of anilines is 1. The smallest absolute Gasteiger partial charge is 0.145 e. The van der Waals surface area contributed by atoms with E-state index in [4.69, 9.17) is 10.5 Å². The highest BCUT2D eigenvalue weighted by Gasteiger charge is 2.33. The van der Waals surface area contributed by atoms with Gasteiger partial charge in [-0.05, 0) is 24.6 Å². The van der Waals surface area contributed by atoms with Crippen LogP contribution in [0, 0.1) is 0 Å². The maximum Gasteiger partial charge on any atom is 0.145 e. The van der Waals surface area contributed by atoms with Crippen LogP contribution in [0.25, 0.3) is 5.69 Å². The van der Waals surface area contributed by atoms with Crippen molar-refractivity contribution in [1.29, 1.82) is 0 Å². The first-order chi connectivity index (χ1) is 12.7. The third-order valence-electron chi connectivity index (χ3n) is 4.77. The second-order valence-electron chi connectivity index (χ2n) is 6.60. The zero-order valence-electron chi connectivity index (χ0n) is 14.8. The lowest BCUT2D eigenvalue weighted by molar-refractivity contribution is 0.107. The summed E-state index contributed by atoms with van der Waals surface area (Å²) in [5, 5.41) is 13.3. The summed E-state index contributed by atoms with van der Waals surface area (Å²) in [6, 6.07) is 12.1. The number of nitrogens with two attached hydrogens (primary N) is 1. The molecule has 2 atom stereocenters. The molecule has 4 rings (SSSR count). The molecule has 0 spiro atoms. The molecule has 2 N–H and O–H groups in total. The maximum absolute atomic E-state index is 5.73. The lowest BCUT2D eigenvalue weighted by Crippen LogP contribution is -2.33. The van der Waals surface area contributed by atoms with Crippen LogP contribution in [0.4, 0.5) is 5.82 Å². The molecule has 2 aromatic heterocycles. The molecule has 0 radical (unpaired) electrons. The topological polar surface area (TPSA) is 87.0 Å². The number of rotatable bonds is 6. The van der Waals surface area contributed by atoms with E-state index in [2.05, 4.69) is 20.2 Å². The van der Waals surface area contributed by atoms with Gasteiger partial charge in [0, 0.05) is 32.4 Å². The first kappa shape index (κ1) is 16.7. The van der Waals surface area contributed by atoms with Crippen LogP contribution in [0.3, 0.4) is 0 Å². The Hall–Kier alpha value is -2.71. The van der Waals surface area contributed by atoms with E-state index in [1.165, 1.54) is 0 Å². The minimum atomic E-state index is 0.220. The number of methoxy groups -OCH3 is 1. The van der Waals surface area contributed by atoms with Crippen LogP contribution < -0.4 is 5.73 Å². The van der Waals surface area contributed by atoms with Crippen molar-refractivity contribution < 1.29 is 4.74 Å². The van der Waals surface area contributed by atoms with E-state index in [-0.39, 0.29) is 6.10 Å². The fourth-order valence-corrected chi connectivity index (χ4v) is 3.45. The quantitative estimate of drug-likeness (QED) is 0.719. The Morgan fingerprint density at radius 2 is 2.04 bits per heavy atom. The number of benzene rings is 1. The van der Waals surface area contributed by atoms with Crippen molar-refractivity contribution in [1.82, 2.24) is 29.7 Å². The number of para-hydroxylation sites is 1. The van der Waals surface area contributed by atoms with Crippen LogP contribution in [0.5, 0.6) is 0 Å². The minimum absolute atomic E-state index is 0.220. The zero-order chi connectivity index (χ0) is 17.9. The molecule has 0 aliphatic carbocycles. The van der Waals surface area contributed by atoms with Crippen molar-refractivity contribution in [3.63, 3.8) is 0 Å². The Kier molecular flexibility index (Phi) is 4.68. The molecule has 1 aromatic carbocycles. The summed E-state index contributed by atoms with van der Waals surface area (Å²) in [4.78, 5) is 4.05. The second kappa shape index (κ2) is 7.27. The van der Waals surface area contributed by atoms with Crippen molar-refractivity contribution >= 4 is 5.82 Å². The van der Waals surface area contributed by atoms with E-state index >= 15 is 0 Å². The first-order valence-electron chi connectivity index (χ1n) is 8.73. The van der Waals surface area contributed by atoms with Crippen LogP contribution in [-0.4, -0.2) is 55.5 Å². The van der Waals surface area contributed by atoms with Crippen LogP contribution >= 0.6 is 0 Å². The average Bonchev–Trinajstić information content (AvgIpc) is 3.38. The maximum atomic E-state index is 5.73. The number of nitrogens with zero attached hydrogens (tertiary/aromatic N) is 6. The first-order valence-corrected chi connectivity index (χ1v) is 8.73. The fourth-order valence-electron chi connectivity index (χ4n) is 3.45. The normalized spacial score (nSPS) is 20.7. The van der Waals surface area contributed by atoms with Crippen LogP contribution in [0.1, 0.15) is 12.1 Å². The Bertz CT molecular complexity index is 844. The molecule has 8 nitrogen and oxygen atoms in total. The zero-order valence-corrected chi connectivity index (χ0v) is 14.8. The van der Waals surface area contributed by atoms with E-state index in [1.807, 2.05) is 53.5 Å². The highest BCUT2D eigenvalue weighted by molar-refractivity contribution is 5.28. The Labute approximate surface area is 152 Å². The molecule has 1 saturated heterocycles. The van der Waals surface area contributed by atoms with Crippen LogP contribution in [-0.2, 0) is 17.8 Å². The number of hydrogen-bond acceptors (Lipinski definition) is 6. The average molecular weight is 353 g/mol. The Morgan fingerprint density at radius 3 is 2.77 bits per heavy atom. The van der Waals surface area contributed by atoms with E-state index in [0.29, 0.717) is 11.9 Å². The molecule has 1 aliphatic heterocycles. The number of aromatic nitrogens is 5. The van der Waals surface area contributed by atoms with Gasteiger partial charge >= 0.3 is 0 Å². The summed E-state index contributed by atoms with van der Waals surface area (Å²) in [6.45, 7) is 2.38. The number of nitrogen functional groups attached to an aromatic ring is 1. The van der Waals surface area contributed by atoms with Gasteiger partial charge in [-0.15, -0.1) is 0 Å². The molecular formula is C18H23N7O. The lowest BCUT2D eigenvalue weighted by Gasteiger charge is -2.22. The monoisotopic (exact) mass is 353 g/mol. The van der Waals surface area contributed by atoms with Gasteiger partial charge in [-0.1, -0.05) is 18.2 Å². The van der Waals surface area contributed by atoms with Crippen LogP contribution in [0.2, 0.25) is 0 Å². The minimum Gasteiger partial charge on any atom is -0.382 e. The van der Waals surface area contributed by atoms with Gasteiger partial charge in [0.05, 0.1) is 30.2 Å². The number of likely N-dealkylation sites (tertiary alicyclic amines) is 1. The summed E-state index contributed by atoms with van der Waals surface area (Å²) < 4.78 is 7.48. The third kappa shape index (κ3) is 3.61. The Morgan fingerprint density at radius 1 is 1.19 bits per heavy atom. The van der Waals surface area contributed by atoms with Crippen LogP contribution in [0.15, 0.2) is 48.8 Å². The summed E-state index contributed by atoms with van der Waals surface area (Å²) in [7, 11) is 1.77. The van der Waals surface area contributed by atoms with Crippen molar-refractivity contribution in [2.24, 2.45) is 0 Å². The fraction of sp³-hybridized carbons (Fsp3) is 0.389. The van der Waals surface area contributed by atoms with Gasteiger partial charge in [0.15, 0.2) is 0 Å². The molecule has 26 heavy (non-hydrogen) atoms. The predicted molar refractivity (Wildman–Crippen MR) is 97.6 cm³/mol. The highest BCUT2D eigenvalue weighted by Crippen LogP contribution is 2.23. The van der Waals surface area contributed by atoms with Gasteiger partial charge in [-0.3, -0.25) is 9.58 Å². The second-order valence-corrected chi connectivity index (χ2v) is 6.60. The standard InChI is InChI=1S/C18H23N7O/c1-26-17-9-16(12-24-8-7-18(19)22-24)23(13-17)11-14-10-20-25(21-14)15-5-3-2-4-6-15/h2-8,10,16-17H,9,11-13H2,1H3,(H2,19,22)/t16-,17+/m0/s1. The third-order valence-corrected chi connectivity index (χ3v) is 4.77. The van der Waals surface area contributed by atoms with Crippen molar-refractivity contribution in [3.8, 4) is 5.69 Å². The predicted octanol–water partition coefficient (Wildman–Crippen LogP) is 1.34. The summed E-state index contributed by atoms with van der Waals surface area (Å²) >= 11 is 0. The molecule has 0 bridgehead atoms. The van der Waals surface area contributed by atoms with E-state index < -0.39 is 0 Å². The van der Waals surface area contributed by atoms with Gasteiger partial charge in [0.25, 0.3) is 0 Å². The van der Waals surface area contributed by atoms with Crippen molar-refractivity contribution in [3.05, 3.63) is 54.5 Å². The van der Waals surface area contributed by atoms with E-state index in [1.54, 1.807) is 11.9 Å². The molecular weight excluding hydrogens is 330 g/mol. The summed E-state index contributed by atoms with van der Waals surface area (Å²) in [5.41, 5.74) is 7.63. The van der Waals surface area contributed by atoms with Gasteiger partial charge in [-0.25, -0.2) is 0 Å². The van der Waals surface area contributed by atoms with Crippen molar-refractivity contribution in [2.45, 2.75) is 31.7 Å².